The summed E-state index contributed by atoms with van der Waals surface area (Å²) >= 11 is 0. The number of aromatic nitrogens is 2. The molecule has 0 saturated carbocycles. The second-order valence-corrected chi connectivity index (χ2v) is 5.82. The van der Waals surface area contributed by atoms with Crippen molar-refractivity contribution in [3.8, 4) is 5.75 Å². The molecule has 28 heavy (non-hydrogen) atoms. The zero-order valence-electron chi connectivity index (χ0n) is 14.9. The van der Waals surface area contributed by atoms with E-state index in [9.17, 15) is 13.2 Å². The Labute approximate surface area is 159 Å². The van der Waals surface area contributed by atoms with E-state index in [4.69, 9.17) is 5.73 Å². The van der Waals surface area contributed by atoms with Crippen LogP contribution < -0.4 is 21.1 Å². The molecule has 0 aliphatic rings. The van der Waals surface area contributed by atoms with Crippen molar-refractivity contribution < 1.29 is 17.9 Å². The predicted octanol–water partition coefficient (Wildman–Crippen LogP) is 5.01. The van der Waals surface area contributed by atoms with Crippen molar-refractivity contribution in [2.75, 3.05) is 16.4 Å². The van der Waals surface area contributed by atoms with Crippen molar-refractivity contribution in [2.45, 2.75) is 19.7 Å². The van der Waals surface area contributed by atoms with Gasteiger partial charge in [0.05, 0.1) is 0 Å². The van der Waals surface area contributed by atoms with Gasteiger partial charge in [0.1, 0.15) is 17.8 Å². The zero-order chi connectivity index (χ0) is 20.1. The molecule has 146 valence electrons. The van der Waals surface area contributed by atoms with Gasteiger partial charge in [0, 0.05) is 11.4 Å². The maximum absolute atomic E-state index is 12.2. The number of rotatable bonds is 6. The summed E-state index contributed by atoms with van der Waals surface area (Å²) in [6.07, 6.45) is -2.55. The molecule has 4 N–H and O–H groups in total. The summed E-state index contributed by atoms with van der Waals surface area (Å²) in [5, 5.41) is 6.16. The number of hydrogen-bond acceptors (Lipinski definition) is 6. The van der Waals surface area contributed by atoms with Crippen LogP contribution in [0.3, 0.4) is 0 Å². The van der Waals surface area contributed by atoms with E-state index in [-0.39, 0.29) is 11.4 Å². The van der Waals surface area contributed by atoms with Crippen molar-refractivity contribution >= 4 is 28.7 Å². The minimum atomic E-state index is -4.73. The Balaban J connectivity index is 1.78. The summed E-state index contributed by atoms with van der Waals surface area (Å²) in [6, 6.07) is 13.0. The zero-order valence-corrected chi connectivity index (χ0v) is 14.9. The van der Waals surface area contributed by atoms with E-state index in [2.05, 4.69) is 25.3 Å². The van der Waals surface area contributed by atoms with Crippen LogP contribution in [0.5, 0.6) is 5.75 Å². The van der Waals surface area contributed by atoms with Gasteiger partial charge in [-0.25, -0.2) is 9.97 Å². The monoisotopic (exact) mass is 389 g/mol. The van der Waals surface area contributed by atoms with Gasteiger partial charge in [0.2, 0.25) is 0 Å². The fourth-order valence-corrected chi connectivity index (χ4v) is 2.55. The number of benzene rings is 2. The molecule has 0 saturated heterocycles. The Morgan fingerprint density at radius 3 is 2.25 bits per heavy atom. The number of aryl methyl sites for hydroxylation is 1. The molecule has 3 aromatic rings. The van der Waals surface area contributed by atoms with Gasteiger partial charge in [0.15, 0.2) is 11.6 Å². The summed E-state index contributed by atoms with van der Waals surface area (Å²) in [6.45, 7) is 2.04. The summed E-state index contributed by atoms with van der Waals surface area (Å²) in [5.41, 5.74) is 8.93. The van der Waals surface area contributed by atoms with E-state index < -0.39 is 6.36 Å². The highest BCUT2D eigenvalue weighted by atomic mass is 19.4. The quantitative estimate of drug-likeness (QED) is 0.550. The lowest BCUT2D eigenvalue weighted by Gasteiger charge is -2.15. The van der Waals surface area contributed by atoms with Crippen molar-refractivity contribution in [3.05, 3.63) is 60.4 Å². The van der Waals surface area contributed by atoms with Crippen molar-refractivity contribution in [1.29, 1.82) is 0 Å². The molecule has 9 heteroatoms. The molecule has 0 radical (unpaired) electrons. The molecule has 0 unspecified atom stereocenters. The Morgan fingerprint density at radius 2 is 1.61 bits per heavy atom. The van der Waals surface area contributed by atoms with E-state index in [0.29, 0.717) is 17.3 Å². The Morgan fingerprint density at radius 1 is 0.964 bits per heavy atom. The largest absolute Gasteiger partial charge is 0.573 e. The molecule has 6 nitrogen and oxygen atoms in total. The molecule has 0 fully saturated rings. The lowest BCUT2D eigenvalue weighted by Crippen LogP contribution is -2.17. The fraction of sp³-hybridized carbons (Fsp3) is 0.158. The number of hydrogen-bond donors (Lipinski definition) is 3. The van der Waals surface area contributed by atoms with Gasteiger partial charge < -0.3 is 21.1 Å². The topological polar surface area (TPSA) is 85.1 Å². The number of anilines is 5. The van der Waals surface area contributed by atoms with Gasteiger partial charge >= 0.3 is 6.36 Å². The Bertz CT molecular complexity index is 945. The third-order valence-electron chi connectivity index (χ3n) is 3.89. The van der Waals surface area contributed by atoms with E-state index in [0.717, 1.165) is 17.7 Å². The van der Waals surface area contributed by atoms with Crippen LogP contribution in [0.25, 0.3) is 0 Å². The molecule has 1 aromatic heterocycles. The van der Waals surface area contributed by atoms with Crippen LogP contribution in [-0.4, -0.2) is 16.3 Å². The number of nitrogens with two attached hydrogens (primary N) is 1. The first-order valence-electron chi connectivity index (χ1n) is 8.44. The van der Waals surface area contributed by atoms with Crippen LogP contribution in [0.4, 0.5) is 41.9 Å². The Kier molecular flexibility index (Phi) is 5.53. The first-order valence-corrected chi connectivity index (χ1v) is 8.44. The highest BCUT2D eigenvalue weighted by Gasteiger charge is 2.30. The van der Waals surface area contributed by atoms with Crippen LogP contribution in [0.2, 0.25) is 0 Å². The molecule has 0 aliphatic heterocycles. The second-order valence-electron chi connectivity index (χ2n) is 5.82. The second kappa shape index (κ2) is 8.03. The summed E-state index contributed by atoms with van der Waals surface area (Å²) < 4.78 is 40.6. The number of nitrogens with one attached hydrogen (secondary N) is 2. The molecule has 0 spiro atoms. The smallest absolute Gasteiger partial charge is 0.406 e. The molecular weight excluding hydrogens is 371 g/mol. The third-order valence-corrected chi connectivity index (χ3v) is 3.89. The Hall–Kier alpha value is -3.49. The van der Waals surface area contributed by atoms with E-state index >= 15 is 0 Å². The number of nitrogen functional groups attached to an aromatic ring is 1. The van der Waals surface area contributed by atoms with Crippen LogP contribution in [0, 0.1) is 0 Å². The van der Waals surface area contributed by atoms with Gasteiger partial charge in [-0.15, -0.1) is 13.2 Å². The minimum Gasteiger partial charge on any atom is -0.406 e. The van der Waals surface area contributed by atoms with Gasteiger partial charge in [0.25, 0.3) is 0 Å². The average molecular weight is 389 g/mol. The molecule has 0 amide bonds. The standard InChI is InChI=1S/C19H18F3N5O/c1-2-12-5-3-4-6-15(12)27-18-16(23)17(24-11-25-18)26-13-7-9-14(10-8-13)28-19(20,21)22/h3-11H,2,23H2,1H3,(H2,24,25,26,27). The van der Waals surface area contributed by atoms with Crippen molar-refractivity contribution in [2.24, 2.45) is 0 Å². The van der Waals surface area contributed by atoms with E-state index in [1.807, 2.05) is 31.2 Å². The van der Waals surface area contributed by atoms with Gasteiger partial charge in [-0.1, -0.05) is 25.1 Å². The number of nitrogens with zero attached hydrogens (tertiary/aromatic N) is 2. The van der Waals surface area contributed by atoms with Crippen LogP contribution in [-0.2, 0) is 6.42 Å². The maximum atomic E-state index is 12.2. The number of alkyl halides is 3. The minimum absolute atomic E-state index is 0.282. The number of halogens is 3. The van der Waals surface area contributed by atoms with E-state index in [1.165, 1.54) is 30.6 Å². The van der Waals surface area contributed by atoms with Crippen LogP contribution >= 0.6 is 0 Å². The lowest BCUT2D eigenvalue weighted by molar-refractivity contribution is -0.274. The molecular formula is C19H18F3N5O. The van der Waals surface area contributed by atoms with E-state index in [1.54, 1.807) is 0 Å². The molecule has 0 aliphatic carbocycles. The summed E-state index contributed by atoms with van der Waals surface area (Å²) in [4.78, 5) is 8.28. The first kappa shape index (κ1) is 19.3. The predicted molar refractivity (Wildman–Crippen MR) is 102 cm³/mol. The SMILES string of the molecule is CCc1ccccc1Nc1ncnc(Nc2ccc(OC(F)(F)F)cc2)c1N. The van der Waals surface area contributed by atoms with Crippen LogP contribution in [0.15, 0.2) is 54.9 Å². The number of para-hydroxylation sites is 1. The fourth-order valence-electron chi connectivity index (χ4n) is 2.55. The van der Waals surface area contributed by atoms with Gasteiger partial charge in [-0.3, -0.25) is 0 Å². The normalized spacial score (nSPS) is 11.1. The maximum Gasteiger partial charge on any atom is 0.573 e. The van der Waals surface area contributed by atoms with Crippen molar-refractivity contribution in [1.82, 2.24) is 9.97 Å². The summed E-state index contributed by atoms with van der Waals surface area (Å²) in [5.74, 6) is 0.443. The highest BCUT2D eigenvalue weighted by molar-refractivity contribution is 5.80. The molecule has 1 heterocycles. The first-order chi connectivity index (χ1) is 13.4. The van der Waals surface area contributed by atoms with Gasteiger partial charge in [-0.2, -0.15) is 0 Å². The molecule has 0 bridgehead atoms. The molecule has 3 rings (SSSR count). The molecule has 2 aromatic carbocycles. The van der Waals surface area contributed by atoms with Crippen LogP contribution in [0.1, 0.15) is 12.5 Å². The molecule has 0 atom stereocenters. The average Bonchev–Trinajstić information content (AvgIpc) is 2.66. The number of ether oxygens (including phenoxy) is 1. The van der Waals surface area contributed by atoms with Gasteiger partial charge in [-0.05, 0) is 42.3 Å². The third kappa shape index (κ3) is 4.81. The lowest BCUT2D eigenvalue weighted by atomic mass is 10.1. The van der Waals surface area contributed by atoms with Crippen molar-refractivity contribution in [3.63, 3.8) is 0 Å². The highest BCUT2D eigenvalue weighted by Crippen LogP contribution is 2.30. The summed E-state index contributed by atoms with van der Waals surface area (Å²) in [7, 11) is 0.